The zero-order valence-electron chi connectivity index (χ0n) is 15.7. The zero-order chi connectivity index (χ0) is 19.7. The molecule has 0 aliphatic rings. The van der Waals surface area contributed by atoms with Gasteiger partial charge in [-0.15, -0.1) is 0 Å². The largest absolute Gasteiger partial charge is 0.497 e. The minimum atomic E-state index is -0.250. The topological polar surface area (TPSA) is 77.2 Å². The third-order valence-corrected chi connectivity index (χ3v) is 4.19. The van der Waals surface area contributed by atoms with Gasteiger partial charge in [0.1, 0.15) is 11.3 Å². The lowest BCUT2D eigenvalue weighted by molar-refractivity contribution is -0.122. The summed E-state index contributed by atoms with van der Waals surface area (Å²) in [5.41, 5.74) is 5.12. The van der Waals surface area contributed by atoms with E-state index in [-0.39, 0.29) is 6.47 Å². The molecule has 0 saturated carbocycles. The van der Waals surface area contributed by atoms with Gasteiger partial charge in [0.15, 0.2) is 5.65 Å². The summed E-state index contributed by atoms with van der Waals surface area (Å²) in [6.07, 6.45) is 3.43. The summed E-state index contributed by atoms with van der Waals surface area (Å²) in [4.78, 5) is 17.2. The fraction of sp³-hybridized carbons (Fsp3) is 0.316. The third-order valence-electron chi connectivity index (χ3n) is 3.82. The number of aryl methyl sites for hydroxylation is 1. The minimum Gasteiger partial charge on any atom is -0.497 e. The second-order valence-electron chi connectivity index (χ2n) is 5.09. The highest BCUT2D eigenvalue weighted by Crippen LogP contribution is 2.27. The Morgan fingerprint density at radius 1 is 1.23 bits per heavy atom. The van der Waals surface area contributed by atoms with E-state index < -0.39 is 0 Å². The van der Waals surface area contributed by atoms with Crippen LogP contribution < -0.4 is 4.74 Å². The number of rotatable bonds is 3. The van der Waals surface area contributed by atoms with Gasteiger partial charge in [0.05, 0.1) is 13.7 Å². The van der Waals surface area contributed by atoms with Crippen LogP contribution in [-0.2, 0) is 11.3 Å². The standard InChI is InChI=1S/C16H16ClN3O.C2H6.CH2O2/c1-10-11(2)20(16-15(10)18-6-7-19-16)9-12-8-13(21-3)4-5-14(12)17;1-2;2-1-3/h4-8H,9H2,1-3H3;1-2H3;1H,(H,2,3). The van der Waals surface area contributed by atoms with Crippen molar-refractivity contribution in [2.24, 2.45) is 0 Å². The Morgan fingerprint density at radius 3 is 2.46 bits per heavy atom. The molecule has 2 heterocycles. The summed E-state index contributed by atoms with van der Waals surface area (Å²) in [7, 11) is 1.65. The normalized spacial score (nSPS) is 9.62. The number of aromatic nitrogens is 3. The number of halogens is 1. The highest BCUT2D eigenvalue weighted by Gasteiger charge is 2.14. The number of hydrogen-bond donors (Lipinski definition) is 1. The van der Waals surface area contributed by atoms with Crippen molar-refractivity contribution >= 4 is 29.2 Å². The van der Waals surface area contributed by atoms with Crippen molar-refractivity contribution in [1.82, 2.24) is 14.5 Å². The Bertz CT molecular complexity index is 863. The molecule has 0 saturated heterocycles. The van der Waals surface area contributed by atoms with Gasteiger partial charge in [-0.3, -0.25) is 9.78 Å². The minimum absolute atomic E-state index is 0.250. The van der Waals surface area contributed by atoms with Gasteiger partial charge in [0, 0.05) is 23.1 Å². The first-order valence-corrected chi connectivity index (χ1v) is 8.58. The molecule has 0 atom stereocenters. The molecular weight excluding hydrogens is 354 g/mol. The van der Waals surface area contributed by atoms with Gasteiger partial charge in [-0.1, -0.05) is 25.4 Å². The molecule has 140 valence electrons. The molecule has 0 aliphatic heterocycles. The van der Waals surface area contributed by atoms with Gasteiger partial charge >= 0.3 is 0 Å². The highest BCUT2D eigenvalue weighted by molar-refractivity contribution is 6.31. The summed E-state index contributed by atoms with van der Waals surface area (Å²) in [5.74, 6) is 0.798. The number of benzene rings is 1. The van der Waals surface area contributed by atoms with E-state index in [1.54, 1.807) is 19.5 Å². The Balaban J connectivity index is 0.000000615. The smallest absolute Gasteiger partial charge is 0.290 e. The third kappa shape index (κ3) is 4.73. The Morgan fingerprint density at radius 2 is 1.85 bits per heavy atom. The molecule has 6 nitrogen and oxygen atoms in total. The molecule has 0 aliphatic carbocycles. The van der Waals surface area contributed by atoms with E-state index in [0.717, 1.165) is 38.8 Å². The van der Waals surface area contributed by atoms with Crippen LogP contribution in [0, 0.1) is 13.8 Å². The van der Waals surface area contributed by atoms with Crippen LogP contribution in [0.4, 0.5) is 0 Å². The first kappa shape index (κ1) is 21.4. The quantitative estimate of drug-likeness (QED) is 0.680. The highest BCUT2D eigenvalue weighted by atomic mass is 35.5. The molecule has 1 aromatic carbocycles. The molecule has 0 unspecified atom stereocenters. The second-order valence-corrected chi connectivity index (χ2v) is 5.50. The average molecular weight is 378 g/mol. The van der Waals surface area contributed by atoms with Gasteiger partial charge in [-0.2, -0.15) is 0 Å². The maximum atomic E-state index is 8.36. The first-order valence-electron chi connectivity index (χ1n) is 8.20. The van der Waals surface area contributed by atoms with Crippen molar-refractivity contribution in [1.29, 1.82) is 0 Å². The molecule has 26 heavy (non-hydrogen) atoms. The number of fused-ring (bicyclic) bond motifs is 1. The van der Waals surface area contributed by atoms with E-state index in [4.69, 9.17) is 26.2 Å². The predicted molar refractivity (Wildman–Crippen MR) is 104 cm³/mol. The number of carboxylic acid groups (broad SMARTS) is 1. The van der Waals surface area contributed by atoms with Crippen LogP contribution in [0.2, 0.25) is 5.02 Å². The molecule has 0 fully saturated rings. The molecule has 7 heteroatoms. The maximum absolute atomic E-state index is 8.36. The van der Waals surface area contributed by atoms with Crippen LogP contribution in [0.3, 0.4) is 0 Å². The van der Waals surface area contributed by atoms with E-state index in [0.29, 0.717) is 6.54 Å². The van der Waals surface area contributed by atoms with Crippen LogP contribution in [0.15, 0.2) is 30.6 Å². The molecule has 0 amide bonds. The van der Waals surface area contributed by atoms with Crippen molar-refractivity contribution in [3.05, 3.63) is 52.4 Å². The molecule has 0 radical (unpaired) electrons. The number of hydrogen-bond acceptors (Lipinski definition) is 4. The molecule has 3 rings (SSSR count). The second kappa shape index (κ2) is 10.4. The summed E-state index contributed by atoms with van der Waals surface area (Å²) in [6, 6.07) is 5.67. The fourth-order valence-electron chi connectivity index (χ4n) is 2.49. The van der Waals surface area contributed by atoms with Crippen molar-refractivity contribution in [2.75, 3.05) is 7.11 Å². The molecule has 0 bridgehead atoms. The number of carbonyl (C=O) groups is 1. The van der Waals surface area contributed by atoms with E-state index in [1.807, 2.05) is 32.0 Å². The van der Waals surface area contributed by atoms with Gasteiger partial charge < -0.3 is 14.4 Å². The SMILES string of the molecule is CC.COc1ccc(Cl)c(Cn2c(C)c(C)c3nccnc32)c1.O=CO. The summed E-state index contributed by atoms with van der Waals surface area (Å²) in [6.45, 7) is 8.54. The van der Waals surface area contributed by atoms with Crippen molar-refractivity contribution in [3.8, 4) is 5.75 Å². The molecule has 3 aromatic rings. The fourth-order valence-corrected chi connectivity index (χ4v) is 2.67. The van der Waals surface area contributed by atoms with E-state index >= 15 is 0 Å². The van der Waals surface area contributed by atoms with E-state index in [2.05, 4.69) is 28.4 Å². The van der Waals surface area contributed by atoms with Crippen molar-refractivity contribution in [2.45, 2.75) is 34.2 Å². The zero-order valence-corrected chi connectivity index (χ0v) is 16.4. The lowest BCUT2D eigenvalue weighted by Crippen LogP contribution is -2.04. The summed E-state index contributed by atoms with van der Waals surface area (Å²) >= 11 is 6.31. The summed E-state index contributed by atoms with van der Waals surface area (Å²) in [5, 5.41) is 7.61. The number of ether oxygens (including phenoxy) is 1. The summed E-state index contributed by atoms with van der Waals surface area (Å²) < 4.78 is 7.41. The van der Waals surface area contributed by atoms with Gasteiger partial charge in [-0.25, -0.2) is 4.98 Å². The van der Waals surface area contributed by atoms with Crippen LogP contribution in [0.25, 0.3) is 11.2 Å². The Hall–Kier alpha value is -2.60. The van der Waals surface area contributed by atoms with Crippen molar-refractivity contribution in [3.63, 3.8) is 0 Å². The molecule has 0 spiro atoms. The van der Waals surface area contributed by atoms with Gasteiger partial charge in [0.25, 0.3) is 6.47 Å². The van der Waals surface area contributed by atoms with Crippen LogP contribution in [0.1, 0.15) is 30.7 Å². The van der Waals surface area contributed by atoms with Crippen LogP contribution in [0.5, 0.6) is 5.75 Å². The lowest BCUT2D eigenvalue weighted by atomic mass is 10.2. The van der Waals surface area contributed by atoms with Crippen molar-refractivity contribution < 1.29 is 14.6 Å². The molecular formula is C19H24ClN3O3. The lowest BCUT2D eigenvalue weighted by Gasteiger charge is -2.11. The van der Waals surface area contributed by atoms with Crippen LogP contribution >= 0.6 is 11.6 Å². The number of nitrogens with zero attached hydrogens (tertiary/aromatic N) is 3. The first-order chi connectivity index (χ1) is 12.5. The predicted octanol–water partition coefficient (Wildman–Crippen LogP) is 4.49. The molecule has 1 N–H and O–H groups in total. The van der Waals surface area contributed by atoms with Gasteiger partial charge in [-0.05, 0) is 43.2 Å². The molecule has 2 aromatic heterocycles. The van der Waals surface area contributed by atoms with E-state index in [1.165, 1.54) is 0 Å². The number of methoxy groups -OCH3 is 1. The Labute approximate surface area is 158 Å². The maximum Gasteiger partial charge on any atom is 0.290 e. The average Bonchev–Trinajstić information content (AvgIpc) is 2.91. The van der Waals surface area contributed by atoms with E-state index in [9.17, 15) is 0 Å². The Kier molecular flexibility index (Phi) is 8.58. The monoisotopic (exact) mass is 377 g/mol. The van der Waals surface area contributed by atoms with Crippen LogP contribution in [-0.4, -0.2) is 33.2 Å². The van der Waals surface area contributed by atoms with Gasteiger partial charge in [0.2, 0.25) is 0 Å².